The first kappa shape index (κ1) is 14.2. The van der Waals surface area contributed by atoms with Gasteiger partial charge in [-0.05, 0) is 25.0 Å². The lowest BCUT2D eigenvalue weighted by Crippen LogP contribution is -2.50. The number of rotatable bonds is 3. The van der Waals surface area contributed by atoms with Gasteiger partial charge < -0.3 is 15.0 Å². The van der Waals surface area contributed by atoms with Gasteiger partial charge in [-0.2, -0.15) is 0 Å². The molecule has 7 heteroatoms. The number of carbonyl (C=O) groups is 1. The number of fused-ring (bicyclic) bond motifs is 1. The number of ether oxygens (including phenoxy) is 1. The number of morpholine rings is 1. The van der Waals surface area contributed by atoms with Crippen LogP contribution in [0.3, 0.4) is 0 Å². The Balaban J connectivity index is 1.52. The lowest BCUT2D eigenvalue weighted by atomic mass is 10.2. The molecule has 1 aliphatic heterocycles. The fourth-order valence-corrected chi connectivity index (χ4v) is 3.84. The molecule has 0 bridgehead atoms. The lowest BCUT2D eigenvalue weighted by molar-refractivity contribution is -0.133. The number of nitrogens with one attached hydrogen (secondary N) is 1. The molecule has 116 valence electrons. The zero-order valence-electron chi connectivity index (χ0n) is 11.9. The second-order valence-electron chi connectivity index (χ2n) is 5.67. The molecular formula is C15H16ClN3O2S. The maximum absolute atomic E-state index is 12.2. The summed E-state index contributed by atoms with van der Waals surface area (Å²) in [4.78, 5) is 18.9. The normalized spacial score (nSPS) is 22.0. The minimum Gasteiger partial charge on any atom is -0.365 e. The summed E-state index contributed by atoms with van der Waals surface area (Å²) < 4.78 is 6.68. The molecule has 5 nitrogen and oxygen atoms in total. The Morgan fingerprint density at radius 3 is 3.09 bits per heavy atom. The van der Waals surface area contributed by atoms with Gasteiger partial charge in [0.25, 0.3) is 5.91 Å². The van der Waals surface area contributed by atoms with Gasteiger partial charge in [-0.25, -0.2) is 4.98 Å². The number of halogens is 1. The number of carbonyl (C=O) groups excluding carboxylic acids is 1. The fraction of sp³-hybridized carbons (Fsp3) is 0.467. The van der Waals surface area contributed by atoms with Crippen molar-refractivity contribution in [2.45, 2.75) is 25.0 Å². The van der Waals surface area contributed by atoms with Crippen LogP contribution < -0.4 is 10.2 Å². The number of amides is 1. The van der Waals surface area contributed by atoms with Crippen molar-refractivity contribution < 1.29 is 9.53 Å². The summed E-state index contributed by atoms with van der Waals surface area (Å²) in [6.45, 7) is 1.81. The Labute approximate surface area is 137 Å². The molecule has 1 aromatic heterocycles. The highest BCUT2D eigenvalue weighted by molar-refractivity contribution is 7.22. The van der Waals surface area contributed by atoms with Crippen molar-refractivity contribution in [2.75, 3.05) is 24.6 Å². The maximum Gasteiger partial charge on any atom is 0.251 e. The van der Waals surface area contributed by atoms with E-state index in [-0.39, 0.29) is 5.91 Å². The zero-order valence-corrected chi connectivity index (χ0v) is 13.5. The van der Waals surface area contributed by atoms with E-state index in [1.165, 1.54) is 0 Å². The Morgan fingerprint density at radius 2 is 2.32 bits per heavy atom. The molecule has 1 saturated carbocycles. The molecule has 1 aliphatic carbocycles. The minimum absolute atomic E-state index is 0.00802. The molecule has 1 saturated heterocycles. The number of hydrogen-bond donors (Lipinski definition) is 1. The van der Waals surface area contributed by atoms with Crippen molar-refractivity contribution in [2.24, 2.45) is 0 Å². The average molecular weight is 338 g/mol. The molecule has 1 atom stereocenters. The van der Waals surface area contributed by atoms with Crippen LogP contribution in [0.25, 0.3) is 10.2 Å². The molecule has 0 spiro atoms. The Hall–Kier alpha value is -1.37. The van der Waals surface area contributed by atoms with E-state index in [4.69, 9.17) is 16.3 Å². The number of aromatic nitrogens is 1. The Morgan fingerprint density at radius 1 is 1.45 bits per heavy atom. The molecule has 0 radical (unpaired) electrons. The topological polar surface area (TPSA) is 54.5 Å². The lowest BCUT2D eigenvalue weighted by Gasteiger charge is -2.31. The van der Waals surface area contributed by atoms with E-state index in [1.807, 2.05) is 18.2 Å². The van der Waals surface area contributed by atoms with Crippen LogP contribution in [0.5, 0.6) is 0 Å². The van der Waals surface area contributed by atoms with E-state index < -0.39 is 6.10 Å². The van der Waals surface area contributed by atoms with Gasteiger partial charge in [0.05, 0.1) is 22.9 Å². The van der Waals surface area contributed by atoms with E-state index in [2.05, 4.69) is 15.2 Å². The van der Waals surface area contributed by atoms with E-state index in [0.29, 0.717) is 24.2 Å². The van der Waals surface area contributed by atoms with E-state index >= 15 is 0 Å². The van der Waals surface area contributed by atoms with Crippen molar-refractivity contribution in [3.8, 4) is 0 Å². The summed E-state index contributed by atoms with van der Waals surface area (Å²) >= 11 is 7.79. The maximum atomic E-state index is 12.2. The van der Waals surface area contributed by atoms with Gasteiger partial charge in [0.15, 0.2) is 11.2 Å². The highest BCUT2D eigenvalue weighted by atomic mass is 35.5. The number of anilines is 1. The van der Waals surface area contributed by atoms with Gasteiger partial charge in [-0.1, -0.05) is 29.0 Å². The molecule has 2 heterocycles. The fourth-order valence-electron chi connectivity index (χ4n) is 2.54. The van der Waals surface area contributed by atoms with Crippen LogP contribution in [0, 0.1) is 0 Å². The SMILES string of the molecule is O=C(NC1CC1)C1CN(c2nc3c(Cl)cccc3s2)CCO1. The second-order valence-corrected chi connectivity index (χ2v) is 7.09. The van der Waals surface area contributed by atoms with Crippen LogP contribution in [0.2, 0.25) is 5.02 Å². The van der Waals surface area contributed by atoms with Crippen LogP contribution in [-0.2, 0) is 9.53 Å². The highest BCUT2D eigenvalue weighted by Gasteiger charge is 2.32. The zero-order chi connectivity index (χ0) is 15.1. The molecule has 1 aromatic carbocycles. The number of benzene rings is 1. The van der Waals surface area contributed by atoms with Gasteiger partial charge in [0.2, 0.25) is 0 Å². The molecular weight excluding hydrogens is 322 g/mol. The average Bonchev–Trinajstić information content (AvgIpc) is 3.23. The van der Waals surface area contributed by atoms with Crippen molar-refractivity contribution in [3.05, 3.63) is 23.2 Å². The predicted molar refractivity (Wildman–Crippen MR) is 87.7 cm³/mol. The van der Waals surface area contributed by atoms with Crippen molar-refractivity contribution in [1.82, 2.24) is 10.3 Å². The van der Waals surface area contributed by atoms with Gasteiger partial charge in [0.1, 0.15) is 5.52 Å². The summed E-state index contributed by atoms with van der Waals surface area (Å²) in [6, 6.07) is 6.14. The standard InChI is InChI=1S/C15H16ClN3O2S/c16-10-2-1-3-12-13(10)18-15(22-12)19-6-7-21-11(8-19)14(20)17-9-4-5-9/h1-3,9,11H,4-8H2,(H,17,20). The predicted octanol–water partition coefficient (Wildman–Crippen LogP) is 2.43. The van der Waals surface area contributed by atoms with E-state index in [0.717, 1.165) is 34.7 Å². The molecule has 22 heavy (non-hydrogen) atoms. The largest absolute Gasteiger partial charge is 0.365 e. The molecule has 2 fully saturated rings. The molecule has 4 rings (SSSR count). The third-order valence-electron chi connectivity index (χ3n) is 3.91. The van der Waals surface area contributed by atoms with Crippen LogP contribution >= 0.6 is 22.9 Å². The second kappa shape index (κ2) is 5.68. The third kappa shape index (κ3) is 2.78. The van der Waals surface area contributed by atoms with Crippen LogP contribution in [0.4, 0.5) is 5.13 Å². The summed E-state index contributed by atoms with van der Waals surface area (Å²) in [7, 11) is 0. The van der Waals surface area contributed by atoms with Gasteiger partial charge in [0, 0.05) is 12.6 Å². The smallest absolute Gasteiger partial charge is 0.251 e. The van der Waals surface area contributed by atoms with Crippen molar-refractivity contribution >= 4 is 44.2 Å². The monoisotopic (exact) mass is 337 g/mol. The van der Waals surface area contributed by atoms with Crippen LogP contribution in [0.15, 0.2) is 18.2 Å². The van der Waals surface area contributed by atoms with Gasteiger partial charge >= 0.3 is 0 Å². The first-order valence-electron chi connectivity index (χ1n) is 7.43. The first-order valence-corrected chi connectivity index (χ1v) is 8.62. The Bertz CT molecular complexity index is 716. The molecule has 1 unspecified atom stereocenters. The highest BCUT2D eigenvalue weighted by Crippen LogP contribution is 2.33. The first-order chi connectivity index (χ1) is 10.7. The van der Waals surface area contributed by atoms with E-state index in [9.17, 15) is 4.79 Å². The molecule has 1 N–H and O–H groups in total. The van der Waals surface area contributed by atoms with Crippen molar-refractivity contribution in [3.63, 3.8) is 0 Å². The number of nitrogens with zero attached hydrogens (tertiary/aromatic N) is 2. The van der Waals surface area contributed by atoms with Crippen molar-refractivity contribution in [1.29, 1.82) is 0 Å². The minimum atomic E-state index is -0.420. The van der Waals surface area contributed by atoms with Gasteiger partial charge in [-0.3, -0.25) is 4.79 Å². The molecule has 2 aliphatic rings. The summed E-state index contributed by atoms with van der Waals surface area (Å²) in [5.74, 6) is -0.00802. The summed E-state index contributed by atoms with van der Waals surface area (Å²) in [6.07, 6.45) is 1.74. The third-order valence-corrected chi connectivity index (χ3v) is 5.30. The molecule has 2 aromatic rings. The van der Waals surface area contributed by atoms with Crippen LogP contribution in [-0.4, -0.2) is 42.7 Å². The number of thiazole rings is 1. The van der Waals surface area contributed by atoms with Crippen LogP contribution in [0.1, 0.15) is 12.8 Å². The van der Waals surface area contributed by atoms with E-state index in [1.54, 1.807) is 11.3 Å². The molecule has 1 amide bonds. The quantitative estimate of drug-likeness (QED) is 0.934. The van der Waals surface area contributed by atoms with Gasteiger partial charge in [-0.15, -0.1) is 0 Å². The Kier molecular flexibility index (Phi) is 3.68. The summed E-state index contributed by atoms with van der Waals surface area (Å²) in [5.41, 5.74) is 0.828. The summed E-state index contributed by atoms with van der Waals surface area (Å²) in [5, 5.41) is 4.56. The number of para-hydroxylation sites is 1. The number of hydrogen-bond acceptors (Lipinski definition) is 5.